The molecule has 0 aliphatic rings. The van der Waals surface area contributed by atoms with E-state index < -0.39 is 5.97 Å². The molecule has 22 heavy (non-hydrogen) atoms. The molecule has 0 fully saturated rings. The summed E-state index contributed by atoms with van der Waals surface area (Å²) in [6.07, 6.45) is 4.33. The number of carboxylic acids is 1. The summed E-state index contributed by atoms with van der Waals surface area (Å²) < 4.78 is 0.892. The maximum Gasteiger partial charge on any atom is 1.00 e. The number of unbranched alkanes of at least 4 members (excludes halogenated alkanes) is 4. The molecule has 0 aliphatic heterocycles. The number of hydrogen-bond acceptors (Lipinski definition) is 4. The van der Waals surface area contributed by atoms with Gasteiger partial charge in [0, 0.05) is 16.1 Å². The topological polar surface area (TPSA) is 89.5 Å². The van der Waals surface area contributed by atoms with Crippen LogP contribution in [0.2, 0.25) is 0 Å². The zero-order valence-electron chi connectivity index (χ0n) is 12.7. The fourth-order valence-corrected chi connectivity index (χ4v) is 2.40. The summed E-state index contributed by atoms with van der Waals surface area (Å²) >= 11 is 2.09. The van der Waals surface area contributed by atoms with Gasteiger partial charge in [-0.2, -0.15) is 0 Å². The first-order chi connectivity index (χ1) is 10.0. The van der Waals surface area contributed by atoms with Crippen LogP contribution in [0.25, 0.3) is 0 Å². The number of phenolic OH excluding ortho intramolecular Hbond substituents is 1. The minimum absolute atomic E-state index is 0. The Morgan fingerprint density at radius 2 is 1.77 bits per heavy atom. The van der Waals surface area contributed by atoms with Crippen LogP contribution in [-0.4, -0.2) is 23.5 Å². The minimum atomic E-state index is -1.00. The van der Waals surface area contributed by atoms with E-state index in [1.165, 1.54) is 6.07 Å². The molecule has 0 saturated carbocycles. The maximum absolute atomic E-state index is 11.9. The number of phenols is 1. The van der Waals surface area contributed by atoms with E-state index in [9.17, 15) is 19.8 Å². The van der Waals surface area contributed by atoms with Crippen molar-refractivity contribution in [1.82, 2.24) is 5.32 Å². The second-order valence-electron chi connectivity index (χ2n) is 4.81. The molecule has 0 aromatic heterocycles. The van der Waals surface area contributed by atoms with Crippen LogP contribution in [-0.2, 0) is 4.79 Å². The number of hydrogen-bond donors (Lipinski definition) is 2. The summed E-state index contributed by atoms with van der Waals surface area (Å²) in [5, 5.41) is 22.6. The normalized spacial score (nSPS) is 9.86. The third-order valence-electron chi connectivity index (χ3n) is 3.05. The Morgan fingerprint density at radius 1 is 1.14 bits per heavy atom. The van der Waals surface area contributed by atoms with Gasteiger partial charge in [-0.1, -0.05) is 19.3 Å². The van der Waals surface area contributed by atoms with Crippen molar-refractivity contribution in [1.29, 1.82) is 0 Å². The quantitative estimate of drug-likeness (QED) is 0.295. The van der Waals surface area contributed by atoms with E-state index in [0.717, 1.165) is 29.3 Å². The van der Waals surface area contributed by atoms with Crippen molar-refractivity contribution in [2.24, 2.45) is 0 Å². The van der Waals surface area contributed by atoms with Crippen LogP contribution >= 0.6 is 22.6 Å². The number of aliphatic carboxylic acids is 1. The van der Waals surface area contributed by atoms with Crippen molar-refractivity contribution in [3.63, 3.8) is 0 Å². The number of aromatic hydroxyl groups is 1. The molecular formula is C15H19INNaO4. The minimum Gasteiger partial charge on any atom is -0.550 e. The van der Waals surface area contributed by atoms with E-state index >= 15 is 0 Å². The molecule has 1 aromatic carbocycles. The molecular weight excluding hydrogens is 408 g/mol. The number of carbonyl (C=O) groups is 2. The van der Waals surface area contributed by atoms with Crippen LogP contribution in [0.15, 0.2) is 18.2 Å². The van der Waals surface area contributed by atoms with Crippen LogP contribution < -0.4 is 40.0 Å². The van der Waals surface area contributed by atoms with E-state index in [-0.39, 0.29) is 53.2 Å². The Bertz CT molecular complexity index is 496. The van der Waals surface area contributed by atoms with E-state index in [1.54, 1.807) is 12.1 Å². The molecule has 1 aromatic rings. The van der Waals surface area contributed by atoms with Crippen molar-refractivity contribution in [3.8, 4) is 5.75 Å². The predicted octanol–water partition coefficient (Wildman–Crippen LogP) is -1.18. The molecule has 0 bridgehead atoms. The molecule has 116 valence electrons. The van der Waals surface area contributed by atoms with Gasteiger partial charge in [0.25, 0.3) is 5.91 Å². The van der Waals surface area contributed by atoms with E-state index in [0.29, 0.717) is 13.0 Å². The molecule has 0 atom stereocenters. The van der Waals surface area contributed by atoms with Crippen LogP contribution in [0.3, 0.4) is 0 Å². The standard InChI is InChI=1S/C15H20INO4.Na/c16-11-7-8-13(18)12(10-11)15(21)17-9-5-3-1-2-4-6-14(19)20;/h7-8,10,18H,1-6,9H2,(H,17,21)(H,19,20);/q;+1/p-1. The molecule has 2 N–H and O–H groups in total. The molecule has 7 heteroatoms. The SMILES string of the molecule is O=C([O-])CCCCCCCNC(=O)c1cc(I)ccc1O.[Na+]. The predicted molar refractivity (Wildman–Crippen MR) is 85.9 cm³/mol. The number of halogens is 1. The number of nitrogens with one attached hydrogen (secondary N) is 1. The van der Waals surface area contributed by atoms with Crippen LogP contribution in [0.1, 0.15) is 48.9 Å². The van der Waals surface area contributed by atoms with Gasteiger partial charge < -0.3 is 20.3 Å². The second kappa shape index (κ2) is 12.2. The Balaban J connectivity index is 0.00000441. The van der Waals surface area contributed by atoms with E-state index in [4.69, 9.17) is 0 Å². The summed E-state index contributed by atoms with van der Waals surface area (Å²) in [5.74, 6) is -1.29. The number of amides is 1. The van der Waals surface area contributed by atoms with Crippen molar-refractivity contribution < 1.29 is 49.4 Å². The van der Waals surface area contributed by atoms with Gasteiger partial charge in [0.2, 0.25) is 0 Å². The summed E-state index contributed by atoms with van der Waals surface area (Å²) in [6.45, 7) is 0.546. The molecule has 0 aliphatic carbocycles. The monoisotopic (exact) mass is 427 g/mol. The Kier molecular flexibility index (Phi) is 12.0. The zero-order chi connectivity index (χ0) is 15.7. The largest absolute Gasteiger partial charge is 1.00 e. The van der Waals surface area contributed by atoms with Crippen LogP contribution in [0.4, 0.5) is 0 Å². The van der Waals surface area contributed by atoms with Gasteiger partial charge in [-0.05, 0) is 60.1 Å². The molecule has 5 nitrogen and oxygen atoms in total. The average molecular weight is 427 g/mol. The van der Waals surface area contributed by atoms with Gasteiger partial charge >= 0.3 is 29.6 Å². The van der Waals surface area contributed by atoms with E-state index in [1.807, 2.05) is 0 Å². The van der Waals surface area contributed by atoms with Gasteiger partial charge in [-0.15, -0.1) is 0 Å². The number of carboxylic acid groups (broad SMARTS) is 1. The molecule has 1 rings (SSSR count). The summed E-state index contributed by atoms with van der Waals surface area (Å²) in [4.78, 5) is 22.1. The van der Waals surface area contributed by atoms with Crippen LogP contribution in [0, 0.1) is 3.57 Å². The third kappa shape index (κ3) is 8.97. The van der Waals surface area contributed by atoms with Gasteiger partial charge in [0.15, 0.2) is 0 Å². The van der Waals surface area contributed by atoms with Crippen molar-refractivity contribution in [2.75, 3.05) is 6.54 Å². The third-order valence-corrected chi connectivity index (χ3v) is 3.72. The van der Waals surface area contributed by atoms with Gasteiger partial charge in [-0.25, -0.2) is 0 Å². The smallest absolute Gasteiger partial charge is 0.550 e. The first-order valence-electron chi connectivity index (χ1n) is 6.97. The first kappa shape index (κ1) is 21.7. The maximum atomic E-state index is 11.9. The van der Waals surface area contributed by atoms with Gasteiger partial charge in [-0.3, -0.25) is 4.79 Å². The zero-order valence-corrected chi connectivity index (χ0v) is 16.9. The summed E-state index contributed by atoms with van der Waals surface area (Å²) in [6, 6.07) is 4.89. The average Bonchev–Trinajstić information content (AvgIpc) is 2.43. The molecule has 0 heterocycles. The Morgan fingerprint density at radius 3 is 2.45 bits per heavy atom. The number of rotatable bonds is 9. The number of benzene rings is 1. The molecule has 0 spiro atoms. The van der Waals surface area contributed by atoms with Gasteiger partial charge in [0.1, 0.15) is 5.75 Å². The van der Waals surface area contributed by atoms with E-state index in [2.05, 4.69) is 27.9 Å². The summed E-state index contributed by atoms with van der Waals surface area (Å²) in [5.41, 5.74) is 0.288. The fourth-order valence-electron chi connectivity index (χ4n) is 1.91. The van der Waals surface area contributed by atoms with Crippen molar-refractivity contribution >= 4 is 34.5 Å². The second-order valence-corrected chi connectivity index (χ2v) is 6.05. The molecule has 0 unspecified atom stereocenters. The van der Waals surface area contributed by atoms with Crippen molar-refractivity contribution in [2.45, 2.75) is 38.5 Å². The van der Waals surface area contributed by atoms with Gasteiger partial charge in [0.05, 0.1) is 5.56 Å². The summed E-state index contributed by atoms with van der Waals surface area (Å²) in [7, 11) is 0. The number of carbonyl (C=O) groups excluding carboxylic acids is 2. The molecule has 0 saturated heterocycles. The Hall–Kier alpha value is -0.310. The van der Waals surface area contributed by atoms with Crippen molar-refractivity contribution in [3.05, 3.63) is 27.3 Å². The molecule has 1 amide bonds. The van der Waals surface area contributed by atoms with Crippen LogP contribution in [0.5, 0.6) is 5.75 Å². The Labute approximate surface area is 166 Å². The molecule has 0 radical (unpaired) electrons. The fraction of sp³-hybridized carbons (Fsp3) is 0.467. The first-order valence-corrected chi connectivity index (χ1v) is 8.05.